The number of fused-ring (bicyclic) bond motifs is 2. The minimum absolute atomic E-state index is 0.0669. The summed E-state index contributed by atoms with van der Waals surface area (Å²) in [6, 6.07) is 4.71. The predicted molar refractivity (Wildman–Crippen MR) is 170 cm³/mol. The van der Waals surface area contributed by atoms with Gasteiger partial charge in [-0.2, -0.15) is 0 Å². The van der Waals surface area contributed by atoms with Crippen LogP contribution in [0.4, 0.5) is 4.79 Å². The van der Waals surface area contributed by atoms with Crippen molar-refractivity contribution >= 4 is 31.1 Å². The number of nitrogens with zero attached hydrogens (tertiary/aromatic N) is 3. The van der Waals surface area contributed by atoms with Crippen LogP contribution in [0.25, 0.3) is 22.3 Å². The van der Waals surface area contributed by atoms with E-state index in [0.29, 0.717) is 89.9 Å². The number of primary amides is 1. The topological polar surface area (TPSA) is 149 Å². The van der Waals surface area contributed by atoms with Crippen LogP contribution in [0.1, 0.15) is 54.6 Å². The Kier molecular flexibility index (Phi) is 8.91. The van der Waals surface area contributed by atoms with Crippen LogP contribution in [0.5, 0.6) is 17.2 Å². The number of ether oxygens (including phenoxy) is 5. The van der Waals surface area contributed by atoms with Gasteiger partial charge in [-0.3, -0.25) is 4.79 Å². The Morgan fingerprint density at radius 1 is 1.09 bits per heavy atom. The van der Waals surface area contributed by atoms with Crippen LogP contribution in [0.2, 0.25) is 25.7 Å². The van der Waals surface area contributed by atoms with E-state index in [1.807, 2.05) is 23.6 Å². The Labute approximate surface area is 263 Å². The highest BCUT2D eigenvalue weighted by atomic mass is 28.3. The number of nitrogens with one attached hydrogen (secondary N) is 1. The fraction of sp³-hybridized carbons (Fsp3) is 0.562. The first-order valence-corrected chi connectivity index (χ1v) is 19.5. The quantitative estimate of drug-likeness (QED) is 0.197. The van der Waals surface area contributed by atoms with E-state index in [0.717, 1.165) is 24.6 Å². The van der Waals surface area contributed by atoms with Crippen molar-refractivity contribution in [3.8, 4) is 28.5 Å². The molecular weight excluding hydrogens is 594 g/mol. The van der Waals surface area contributed by atoms with Gasteiger partial charge in [0.15, 0.2) is 11.5 Å². The van der Waals surface area contributed by atoms with E-state index in [4.69, 9.17) is 34.4 Å². The standard InChI is InChI=1S/C32H43N5O7Si/c1-19-25(31(38)36-21-7-9-22(10-8-21)44-32(33)39)27-29(37(19)17-40-13-14-45(2,3)4)28(35-16-34-27)26-23(41-15-20-5-6-20)11-12-24-30(26)43-18-42-24/h11-12,16,20-22H,5-10,13-15,17-18H2,1-4H3,(H2,33,39)(H,36,38). The molecule has 2 fully saturated rings. The van der Waals surface area contributed by atoms with Crippen molar-refractivity contribution in [3.63, 3.8) is 0 Å². The van der Waals surface area contributed by atoms with E-state index in [2.05, 4.69) is 29.9 Å². The lowest BCUT2D eigenvalue weighted by atomic mass is 9.92. The fourth-order valence-corrected chi connectivity index (χ4v) is 6.74. The number of aromatic nitrogens is 3. The molecule has 1 aliphatic heterocycles. The molecule has 242 valence electrons. The Hall–Kier alpha value is -3.84. The molecule has 0 unspecified atom stereocenters. The molecule has 2 aromatic heterocycles. The molecule has 0 bridgehead atoms. The van der Waals surface area contributed by atoms with Crippen molar-refractivity contribution in [3.05, 3.63) is 29.7 Å². The Morgan fingerprint density at radius 3 is 2.58 bits per heavy atom. The number of benzene rings is 1. The van der Waals surface area contributed by atoms with Crippen molar-refractivity contribution in [1.82, 2.24) is 19.9 Å². The number of carbonyl (C=O) groups excluding carboxylic acids is 2. The Morgan fingerprint density at radius 2 is 1.87 bits per heavy atom. The smallest absolute Gasteiger partial charge is 0.404 e. The van der Waals surface area contributed by atoms with Crippen molar-refractivity contribution < 1.29 is 33.3 Å². The summed E-state index contributed by atoms with van der Waals surface area (Å²) in [7, 11) is -1.32. The van der Waals surface area contributed by atoms with Crippen LogP contribution < -0.4 is 25.3 Å². The molecule has 2 aliphatic carbocycles. The summed E-state index contributed by atoms with van der Waals surface area (Å²) in [6.07, 6.45) is 5.44. The average Bonchev–Trinajstić information content (AvgIpc) is 3.61. The van der Waals surface area contributed by atoms with Crippen LogP contribution in [-0.4, -0.2) is 66.8 Å². The minimum atomic E-state index is -1.32. The van der Waals surface area contributed by atoms with Crippen LogP contribution in [0, 0.1) is 12.8 Å². The second-order valence-corrected chi connectivity index (χ2v) is 19.1. The summed E-state index contributed by atoms with van der Waals surface area (Å²) in [5.74, 6) is 2.16. The molecule has 1 aromatic carbocycles. The van der Waals surface area contributed by atoms with Gasteiger partial charge in [0.05, 0.1) is 23.3 Å². The van der Waals surface area contributed by atoms with Gasteiger partial charge < -0.3 is 39.3 Å². The molecule has 2 amide bonds. The van der Waals surface area contributed by atoms with Gasteiger partial charge in [-0.15, -0.1) is 0 Å². The maximum atomic E-state index is 14.0. The van der Waals surface area contributed by atoms with Crippen molar-refractivity contribution in [2.24, 2.45) is 11.7 Å². The molecule has 2 saturated carbocycles. The van der Waals surface area contributed by atoms with Crippen LogP contribution in [0.15, 0.2) is 18.5 Å². The predicted octanol–water partition coefficient (Wildman–Crippen LogP) is 5.37. The Balaban J connectivity index is 1.38. The molecule has 0 radical (unpaired) electrons. The summed E-state index contributed by atoms with van der Waals surface area (Å²) in [5.41, 5.74) is 8.88. The largest absolute Gasteiger partial charge is 0.492 e. The third kappa shape index (κ3) is 7.04. The molecule has 45 heavy (non-hydrogen) atoms. The van der Waals surface area contributed by atoms with Gasteiger partial charge in [0.2, 0.25) is 6.79 Å². The van der Waals surface area contributed by atoms with Gasteiger partial charge in [-0.25, -0.2) is 14.8 Å². The van der Waals surface area contributed by atoms with Crippen molar-refractivity contribution in [2.75, 3.05) is 20.0 Å². The molecule has 3 N–H and O–H groups in total. The summed E-state index contributed by atoms with van der Waals surface area (Å²) in [4.78, 5) is 34.6. The zero-order valence-corrected chi connectivity index (χ0v) is 27.5. The lowest BCUT2D eigenvalue weighted by Crippen LogP contribution is -2.40. The summed E-state index contributed by atoms with van der Waals surface area (Å²) >= 11 is 0. The van der Waals surface area contributed by atoms with E-state index in [-0.39, 0.29) is 31.6 Å². The molecular formula is C32H43N5O7Si. The highest BCUT2D eigenvalue weighted by molar-refractivity contribution is 6.76. The molecule has 6 rings (SSSR count). The highest BCUT2D eigenvalue weighted by Gasteiger charge is 2.32. The first kappa shape index (κ1) is 31.2. The average molecular weight is 638 g/mol. The zero-order chi connectivity index (χ0) is 31.7. The van der Waals surface area contributed by atoms with E-state index in [1.165, 1.54) is 6.33 Å². The molecule has 12 nitrogen and oxygen atoms in total. The molecule has 0 atom stereocenters. The Bertz CT molecular complexity index is 1570. The van der Waals surface area contributed by atoms with Crippen LogP contribution >= 0.6 is 0 Å². The molecule has 0 saturated heterocycles. The second kappa shape index (κ2) is 12.9. The molecule has 13 heteroatoms. The van der Waals surface area contributed by atoms with Crippen LogP contribution in [0.3, 0.4) is 0 Å². The number of hydrogen-bond acceptors (Lipinski definition) is 9. The van der Waals surface area contributed by atoms with Crippen molar-refractivity contribution in [1.29, 1.82) is 0 Å². The van der Waals surface area contributed by atoms with E-state index in [1.54, 1.807) is 0 Å². The summed E-state index contributed by atoms with van der Waals surface area (Å²) in [6.45, 7) is 10.4. The molecule has 3 aliphatic rings. The third-order valence-corrected chi connectivity index (χ3v) is 10.4. The maximum Gasteiger partial charge on any atom is 0.404 e. The lowest BCUT2D eigenvalue weighted by molar-refractivity contribution is 0.0709. The molecule has 3 aromatic rings. The normalized spacial score (nSPS) is 19.5. The highest BCUT2D eigenvalue weighted by Crippen LogP contribution is 2.49. The number of amides is 2. The molecule has 0 spiro atoms. The second-order valence-electron chi connectivity index (χ2n) is 13.5. The van der Waals surface area contributed by atoms with E-state index < -0.39 is 14.2 Å². The van der Waals surface area contributed by atoms with Gasteiger partial charge in [0, 0.05) is 26.4 Å². The number of nitrogens with two attached hydrogens (primary N) is 1. The number of carbonyl (C=O) groups is 2. The fourth-order valence-electron chi connectivity index (χ4n) is 5.98. The maximum absolute atomic E-state index is 14.0. The van der Waals surface area contributed by atoms with E-state index in [9.17, 15) is 9.59 Å². The summed E-state index contributed by atoms with van der Waals surface area (Å²) in [5, 5.41) is 3.21. The minimum Gasteiger partial charge on any atom is -0.492 e. The lowest BCUT2D eigenvalue weighted by Gasteiger charge is -2.28. The number of hydrogen-bond donors (Lipinski definition) is 2. The first-order valence-electron chi connectivity index (χ1n) is 15.8. The zero-order valence-electron chi connectivity index (χ0n) is 26.5. The first-order chi connectivity index (χ1) is 21.6. The summed E-state index contributed by atoms with van der Waals surface area (Å²) < 4.78 is 31.4. The molecule has 3 heterocycles. The number of rotatable bonds is 12. The van der Waals surface area contributed by atoms with Gasteiger partial charge in [0.25, 0.3) is 5.91 Å². The monoisotopic (exact) mass is 637 g/mol. The third-order valence-electron chi connectivity index (χ3n) is 8.74. The van der Waals surface area contributed by atoms with Crippen LogP contribution in [-0.2, 0) is 16.2 Å². The van der Waals surface area contributed by atoms with E-state index >= 15 is 0 Å². The van der Waals surface area contributed by atoms with Crippen molar-refractivity contribution in [2.45, 2.75) is 90.0 Å². The SMILES string of the molecule is Cc1c(C(=O)NC2CCC(OC(N)=O)CC2)c2ncnc(-c3c(OCC4CC4)ccc4c3OCO4)c2n1COCC[Si](C)(C)C. The van der Waals surface area contributed by atoms with Gasteiger partial charge in [-0.05, 0) is 69.5 Å². The van der Waals surface area contributed by atoms with Gasteiger partial charge >= 0.3 is 6.09 Å². The van der Waals surface area contributed by atoms with Gasteiger partial charge in [-0.1, -0.05) is 19.6 Å². The van der Waals surface area contributed by atoms with Gasteiger partial charge in [0.1, 0.15) is 36.1 Å².